The lowest BCUT2D eigenvalue weighted by molar-refractivity contribution is -0.140. The molecule has 0 aliphatic carbocycles. The van der Waals surface area contributed by atoms with Gasteiger partial charge in [-0.25, -0.2) is 0 Å². The molecule has 1 N–H and O–H groups in total. The Kier molecular flexibility index (Phi) is 9.06. The first-order valence-corrected chi connectivity index (χ1v) is 10.9. The van der Waals surface area contributed by atoms with Gasteiger partial charge >= 0.3 is 5.97 Å². The van der Waals surface area contributed by atoms with Crippen LogP contribution in [0.4, 0.5) is 0 Å². The van der Waals surface area contributed by atoms with Gasteiger partial charge in [0, 0.05) is 26.7 Å². The highest BCUT2D eigenvalue weighted by Crippen LogP contribution is 2.40. The van der Waals surface area contributed by atoms with E-state index in [0.717, 1.165) is 10.9 Å². The van der Waals surface area contributed by atoms with Crippen molar-refractivity contribution in [3.05, 3.63) is 64.1 Å². The lowest BCUT2D eigenvalue weighted by atomic mass is 10.0. The van der Waals surface area contributed by atoms with E-state index in [1.54, 1.807) is 0 Å². The average molecular weight is 464 g/mol. The van der Waals surface area contributed by atoms with Crippen LogP contribution in [-0.4, -0.2) is 25.5 Å². The van der Waals surface area contributed by atoms with Gasteiger partial charge in [-0.05, 0) is 54.3 Å². The van der Waals surface area contributed by atoms with Crippen molar-refractivity contribution in [3.8, 4) is 0 Å². The summed E-state index contributed by atoms with van der Waals surface area (Å²) in [6.45, 7) is 4.71. The first-order chi connectivity index (χ1) is 13.4. The van der Waals surface area contributed by atoms with Crippen molar-refractivity contribution in [1.82, 2.24) is 5.32 Å². The average Bonchev–Trinajstić information content (AvgIpc) is 2.68. The number of thioether (sulfide) groups is 1. The van der Waals surface area contributed by atoms with Gasteiger partial charge in [0.05, 0.1) is 13.5 Å². The van der Waals surface area contributed by atoms with Crippen molar-refractivity contribution in [2.75, 3.05) is 13.7 Å². The molecule has 6 heteroatoms. The Morgan fingerprint density at radius 2 is 1.71 bits per heavy atom. The summed E-state index contributed by atoms with van der Waals surface area (Å²) < 4.78 is 5.64. The smallest absolute Gasteiger partial charge is 0.307 e. The fraction of sp³-hybridized carbons (Fsp3) is 0.364. The minimum Gasteiger partial charge on any atom is -0.469 e. The van der Waals surface area contributed by atoms with Crippen LogP contribution in [-0.2, 0) is 9.53 Å². The van der Waals surface area contributed by atoms with Gasteiger partial charge in [0.25, 0.3) is 5.91 Å². The number of amides is 1. The minimum absolute atomic E-state index is 0.167. The Morgan fingerprint density at radius 1 is 1.07 bits per heavy atom. The van der Waals surface area contributed by atoms with Crippen molar-refractivity contribution in [3.63, 3.8) is 0 Å². The fourth-order valence-electron chi connectivity index (χ4n) is 2.69. The summed E-state index contributed by atoms with van der Waals surface area (Å²) in [6, 6.07) is 16.1. The van der Waals surface area contributed by atoms with Crippen LogP contribution in [0.25, 0.3) is 0 Å². The zero-order valence-electron chi connectivity index (χ0n) is 16.4. The van der Waals surface area contributed by atoms with Gasteiger partial charge in [-0.1, -0.05) is 41.9 Å². The van der Waals surface area contributed by atoms with Crippen LogP contribution in [0.15, 0.2) is 57.9 Å². The lowest BCUT2D eigenvalue weighted by Crippen LogP contribution is -2.26. The summed E-state index contributed by atoms with van der Waals surface area (Å²) in [5, 5.41) is 3.06. The maximum Gasteiger partial charge on any atom is 0.307 e. The number of rotatable bonds is 9. The van der Waals surface area contributed by atoms with Crippen LogP contribution in [0, 0.1) is 5.92 Å². The molecule has 1 amide bonds. The molecule has 0 saturated carbocycles. The zero-order valence-corrected chi connectivity index (χ0v) is 18.8. The van der Waals surface area contributed by atoms with E-state index >= 15 is 0 Å². The molecule has 150 valence electrons. The molecular formula is C22H26BrNO3S. The van der Waals surface area contributed by atoms with Crippen LogP contribution in [0.1, 0.15) is 47.9 Å². The molecule has 0 bridgehead atoms. The van der Waals surface area contributed by atoms with E-state index in [4.69, 9.17) is 0 Å². The lowest BCUT2D eigenvalue weighted by Gasteiger charge is -2.19. The standard InChI is InChI=1S/C22H26BrNO3S/c1-15(2)14-20(28-19-10-8-18(23)9-11-19)16-4-6-17(7-5-16)22(26)24-13-12-21(25)27-3/h4-11,15,20H,12-14H2,1-3H3,(H,24,26). The zero-order chi connectivity index (χ0) is 20.5. The van der Waals surface area contributed by atoms with E-state index in [1.165, 1.54) is 17.6 Å². The molecule has 4 nitrogen and oxygen atoms in total. The number of methoxy groups -OCH3 is 1. The highest BCUT2D eigenvalue weighted by Gasteiger charge is 2.16. The van der Waals surface area contributed by atoms with E-state index in [9.17, 15) is 9.59 Å². The summed E-state index contributed by atoms with van der Waals surface area (Å²) in [6.07, 6.45) is 1.21. The van der Waals surface area contributed by atoms with E-state index in [1.807, 2.05) is 36.0 Å². The Balaban J connectivity index is 2.04. The molecule has 0 aliphatic heterocycles. The van der Waals surface area contributed by atoms with Crippen molar-refractivity contribution in [1.29, 1.82) is 0 Å². The number of benzene rings is 2. The first-order valence-electron chi connectivity index (χ1n) is 9.26. The highest BCUT2D eigenvalue weighted by atomic mass is 79.9. The summed E-state index contributed by atoms with van der Waals surface area (Å²) >= 11 is 5.32. The normalized spacial score (nSPS) is 11.9. The molecule has 1 unspecified atom stereocenters. The van der Waals surface area contributed by atoms with Crippen molar-refractivity contribution >= 4 is 39.6 Å². The third kappa shape index (κ3) is 7.32. The minimum atomic E-state index is -0.336. The highest BCUT2D eigenvalue weighted by molar-refractivity contribution is 9.10. The second-order valence-electron chi connectivity index (χ2n) is 6.89. The van der Waals surface area contributed by atoms with Crippen LogP contribution in [0.5, 0.6) is 0 Å². The van der Waals surface area contributed by atoms with Gasteiger partial charge in [-0.15, -0.1) is 11.8 Å². The Morgan fingerprint density at radius 3 is 2.29 bits per heavy atom. The van der Waals surface area contributed by atoms with Crippen molar-refractivity contribution in [2.45, 2.75) is 36.8 Å². The monoisotopic (exact) mass is 463 g/mol. The Hall–Kier alpha value is -1.79. The van der Waals surface area contributed by atoms with Gasteiger partial charge in [0.2, 0.25) is 0 Å². The summed E-state index contributed by atoms with van der Waals surface area (Å²) in [7, 11) is 1.34. The summed E-state index contributed by atoms with van der Waals surface area (Å²) in [5.41, 5.74) is 1.79. The number of carbonyl (C=O) groups excluding carboxylic acids is 2. The molecule has 2 rings (SSSR count). The molecule has 2 aromatic carbocycles. The van der Waals surface area contributed by atoms with Crippen LogP contribution in [0.3, 0.4) is 0 Å². The van der Waals surface area contributed by atoms with Gasteiger partial charge in [-0.2, -0.15) is 0 Å². The second kappa shape index (κ2) is 11.3. The molecule has 0 fully saturated rings. The van der Waals surface area contributed by atoms with Crippen molar-refractivity contribution < 1.29 is 14.3 Å². The third-order valence-electron chi connectivity index (χ3n) is 4.16. The maximum absolute atomic E-state index is 12.2. The Bertz CT molecular complexity index is 775. The number of ether oxygens (including phenoxy) is 1. The number of nitrogens with one attached hydrogen (secondary N) is 1. The largest absolute Gasteiger partial charge is 0.469 e. The number of hydrogen-bond donors (Lipinski definition) is 1. The number of halogens is 1. The number of hydrogen-bond acceptors (Lipinski definition) is 4. The maximum atomic E-state index is 12.2. The predicted octanol–water partition coefficient (Wildman–Crippen LogP) is 5.62. The fourth-order valence-corrected chi connectivity index (χ4v) is 4.35. The molecule has 0 spiro atoms. The van der Waals surface area contributed by atoms with E-state index < -0.39 is 0 Å². The van der Waals surface area contributed by atoms with E-state index in [-0.39, 0.29) is 24.8 Å². The molecule has 28 heavy (non-hydrogen) atoms. The van der Waals surface area contributed by atoms with Gasteiger partial charge in [-0.3, -0.25) is 9.59 Å². The van der Waals surface area contributed by atoms with Crippen LogP contribution >= 0.6 is 27.7 Å². The Labute approximate surface area is 179 Å². The molecule has 0 aromatic heterocycles. The topological polar surface area (TPSA) is 55.4 Å². The summed E-state index contributed by atoms with van der Waals surface area (Å²) in [4.78, 5) is 24.6. The first kappa shape index (κ1) is 22.5. The molecule has 1 atom stereocenters. The predicted molar refractivity (Wildman–Crippen MR) is 118 cm³/mol. The molecule has 2 aromatic rings. The summed E-state index contributed by atoms with van der Waals surface area (Å²) in [5.74, 6) is 0.0443. The van der Waals surface area contributed by atoms with E-state index in [2.05, 4.69) is 64.1 Å². The number of esters is 1. The van der Waals surface area contributed by atoms with Gasteiger partial charge < -0.3 is 10.1 Å². The van der Waals surface area contributed by atoms with Crippen LogP contribution in [0.2, 0.25) is 0 Å². The SMILES string of the molecule is COC(=O)CCNC(=O)c1ccc(C(CC(C)C)Sc2ccc(Br)cc2)cc1. The molecule has 0 aliphatic rings. The molecule has 0 saturated heterocycles. The molecule has 0 heterocycles. The molecule has 0 radical (unpaired) electrons. The molecular weight excluding hydrogens is 438 g/mol. The van der Waals surface area contributed by atoms with E-state index in [0.29, 0.717) is 16.7 Å². The third-order valence-corrected chi connectivity index (χ3v) is 5.99. The van der Waals surface area contributed by atoms with Crippen LogP contribution < -0.4 is 5.32 Å². The van der Waals surface area contributed by atoms with Gasteiger partial charge in [0.1, 0.15) is 0 Å². The van der Waals surface area contributed by atoms with Crippen molar-refractivity contribution in [2.24, 2.45) is 5.92 Å². The second-order valence-corrected chi connectivity index (χ2v) is 9.09. The quantitative estimate of drug-likeness (QED) is 0.387. The van der Waals surface area contributed by atoms with Gasteiger partial charge in [0.15, 0.2) is 0 Å². The number of carbonyl (C=O) groups is 2.